The van der Waals surface area contributed by atoms with Crippen LogP contribution in [0, 0.1) is 11.8 Å². The van der Waals surface area contributed by atoms with Crippen LogP contribution in [0.3, 0.4) is 0 Å². The molecule has 2 saturated heterocycles. The lowest BCUT2D eigenvalue weighted by atomic mass is 9.85. The Morgan fingerprint density at radius 2 is 1.00 bits per heavy atom. The topological polar surface area (TPSA) is 203 Å². The zero-order valence-corrected chi connectivity index (χ0v) is 33.2. The predicted octanol–water partition coefficient (Wildman–Crippen LogP) is 3.51. The minimum Gasteiger partial charge on any atom is -0.493 e. The zero-order valence-electron chi connectivity index (χ0n) is 33.2. The van der Waals surface area contributed by atoms with E-state index in [9.17, 15) is 25.5 Å². The predicted molar refractivity (Wildman–Crippen MR) is 200 cm³/mol. The molecule has 0 spiro atoms. The number of rotatable bonds is 16. The van der Waals surface area contributed by atoms with E-state index in [1.54, 1.807) is 28.3 Å². The van der Waals surface area contributed by atoms with Gasteiger partial charge in [0.15, 0.2) is 34.5 Å². The Morgan fingerprint density at radius 3 is 1.41 bits per heavy atom. The average Bonchev–Trinajstić information content (AvgIpc) is 3.52. The van der Waals surface area contributed by atoms with Crippen LogP contribution in [0.25, 0.3) is 0 Å². The molecule has 3 aromatic rings. The van der Waals surface area contributed by atoms with E-state index in [0.29, 0.717) is 34.3 Å². The number of aliphatic hydroxyl groups is 5. The molecule has 0 amide bonds. The van der Waals surface area contributed by atoms with Gasteiger partial charge in [-0.3, -0.25) is 0 Å². The van der Waals surface area contributed by atoms with E-state index in [1.165, 1.54) is 40.6 Å². The highest BCUT2D eigenvalue weighted by Crippen LogP contribution is 2.53. The van der Waals surface area contributed by atoms with Gasteiger partial charge in [0.2, 0.25) is 23.5 Å². The highest BCUT2D eigenvalue weighted by atomic mass is 16.7. The molecule has 2 aliphatic heterocycles. The van der Waals surface area contributed by atoms with Crippen LogP contribution in [0.5, 0.6) is 51.7 Å². The third-order valence-corrected chi connectivity index (χ3v) is 10.6. The van der Waals surface area contributed by atoms with E-state index in [2.05, 4.69) is 13.8 Å². The largest absolute Gasteiger partial charge is 0.493 e. The van der Waals surface area contributed by atoms with Gasteiger partial charge in [0.05, 0.1) is 68.6 Å². The molecule has 2 aliphatic rings. The molecule has 5 N–H and O–H groups in total. The summed E-state index contributed by atoms with van der Waals surface area (Å²) in [5.41, 5.74) is 2.00. The highest BCUT2D eigenvalue weighted by molar-refractivity contribution is 5.57. The number of methoxy groups -OCH3 is 7. The fraction of sp³-hybridized carbons (Fsp3) is 0.550. The number of hydrogen-bond acceptors (Lipinski definition) is 16. The fourth-order valence-electron chi connectivity index (χ4n) is 7.16. The molecule has 0 radical (unpaired) electrons. The van der Waals surface area contributed by atoms with Crippen LogP contribution in [0.2, 0.25) is 0 Å². The van der Waals surface area contributed by atoms with Gasteiger partial charge < -0.3 is 77.6 Å². The standard InChI is InChI=1S/C40H54O16/c1-18-19(2)36(55-35(18)22-13-24(46-4)37(52-10)25(14-22)47-5)23-15-28(50-8)38(29(16-23)51-9)53-20(3)31(42)21-11-26(48-6)39(27(12-21)49-7)56-40-34(45)33(44)32(43)30(17-41)54-40/h11-16,18-20,30-36,40-45H,17H2,1-10H3/t18-,19-,20+,30-,31+,32-,33+,34-,35+,36-,40+/m1/s1. The van der Waals surface area contributed by atoms with E-state index < -0.39 is 49.5 Å². The van der Waals surface area contributed by atoms with Crippen molar-refractivity contribution in [2.24, 2.45) is 11.8 Å². The van der Waals surface area contributed by atoms with Crippen molar-refractivity contribution < 1.29 is 77.6 Å². The second kappa shape index (κ2) is 18.2. The average molecular weight is 791 g/mol. The molecule has 0 aliphatic carbocycles. The summed E-state index contributed by atoms with van der Waals surface area (Å²) in [5.74, 6) is 2.85. The molecule has 0 aromatic heterocycles. The molecule has 310 valence electrons. The quantitative estimate of drug-likeness (QED) is 0.141. The summed E-state index contributed by atoms with van der Waals surface area (Å²) in [4.78, 5) is 0. The van der Waals surface area contributed by atoms with Crippen LogP contribution >= 0.6 is 0 Å². The lowest BCUT2D eigenvalue weighted by Gasteiger charge is -2.39. The van der Waals surface area contributed by atoms with Gasteiger partial charge in [0, 0.05) is 0 Å². The number of benzene rings is 3. The first kappa shape index (κ1) is 42.7. The molecule has 56 heavy (non-hydrogen) atoms. The Hall–Kier alpha value is -4.42. The summed E-state index contributed by atoms with van der Waals surface area (Å²) in [6, 6.07) is 10.4. The van der Waals surface area contributed by atoms with Crippen molar-refractivity contribution in [3.8, 4) is 51.7 Å². The number of hydrogen-bond donors (Lipinski definition) is 5. The maximum absolute atomic E-state index is 11.6. The summed E-state index contributed by atoms with van der Waals surface area (Å²) in [7, 11) is 10.5. The van der Waals surface area contributed by atoms with Gasteiger partial charge in [-0.15, -0.1) is 0 Å². The SMILES string of the molecule is COc1cc([C@H]2O[C@@H](c3cc(OC)c(O[C@@H](C)[C@H](O)c4cc(OC)c(O[C@@H]5O[C@H](CO)[C@@H](O)[C@H](O)[C@H]5O)c(OC)c4)c(OC)c3)[C@H](C)[C@H]2C)cc(OC)c1OC. The second-order valence-corrected chi connectivity index (χ2v) is 13.7. The highest BCUT2D eigenvalue weighted by Gasteiger charge is 2.46. The van der Waals surface area contributed by atoms with Crippen molar-refractivity contribution >= 4 is 0 Å². The first-order valence-electron chi connectivity index (χ1n) is 18.1. The molecule has 11 atom stereocenters. The van der Waals surface area contributed by atoms with Crippen molar-refractivity contribution in [3.05, 3.63) is 53.1 Å². The van der Waals surface area contributed by atoms with Crippen LogP contribution in [-0.4, -0.2) is 119 Å². The van der Waals surface area contributed by atoms with Crippen LogP contribution in [-0.2, 0) is 9.47 Å². The van der Waals surface area contributed by atoms with Crippen molar-refractivity contribution in [1.82, 2.24) is 0 Å². The van der Waals surface area contributed by atoms with E-state index in [-0.39, 0.29) is 47.0 Å². The lowest BCUT2D eigenvalue weighted by molar-refractivity contribution is -0.277. The smallest absolute Gasteiger partial charge is 0.229 e. The molecule has 16 heteroatoms. The van der Waals surface area contributed by atoms with Gasteiger partial charge in [-0.25, -0.2) is 0 Å². The van der Waals surface area contributed by atoms with E-state index >= 15 is 0 Å². The summed E-state index contributed by atoms with van der Waals surface area (Å²) in [5, 5.41) is 52.1. The van der Waals surface area contributed by atoms with Gasteiger partial charge >= 0.3 is 0 Å². The summed E-state index contributed by atoms with van der Waals surface area (Å²) >= 11 is 0. The molecule has 0 saturated carbocycles. The van der Waals surface area contributed by atoms with Crippen LogP contribution < -0.4 is 42.6 Å². The maximum atomic E-state index is 11.6. The molecule has 2 fully saturated rings. The van der Waals surface area contributed by atoms with Crippen LogP contribution in [0.1, 0.15) is 55.8 Å². The molecular formula is C40H54O16. The Labute approximate surface area is 326 Å². The lowest BCUT2D eigenvalue weighted by Crippen LogP contribution is -2.60. The first-order valence-corrected chi connectivity index (χ1v) is 18.1. The van der Waals surface area contributed by atoms with E-state index in [1.807, 2.05) is 24.3 Å². The molecule has 16 nitrogen and oxygen atoms in total. The minimum atomic E-state index is -1.67. The van der Waals surface area contributed by atoms with E-state index in [0.717, 1.165) is 11.1 Å². The zero-order chi connectivity index (χ0) is 41.0. The molecular weight excluding hydrogens is 736 g/mol. The minimum absolute atomic E-state index is 0.0204. The molecule has 5 rings (SSSR count). The molecule has 3 aromatic carbocycles. The second-order valence-electron chi connectivity index (χ2n) is 13.7. The van der Waals surface area contributed by atoms with Crippen molar-refractivity contribution in [2.45, 2.75) is 75.9 Å². The van der Waals surface area contributed by atoms with Gasteiger partial charge in [-0.1, -0.05) is 13.8 Å². The third-order valence-electron chi connectivity index (χ3n) is 10.6. The Bertz CT molecular complexity index is 1710. The molecule has 0 unspecified atom stereocenters. The Balaban J connectivity index is 1.39. The third kappa shape index (κ3) is 8.18. The van der Waals surface area contributed by atoms with Crippen LogP contribution in [0.15, 0.2) is 36.4 Å². The van der Waals surface area contributed by atoms with Crippen LogP contribution in [0.4, 0.5) is 0 Å². The van der Waals surface area contributed by atoms with Crippen molar-refractivity contribution in [1.29, 1.82) is 0 Å². The van der Waals surface area contributed by atoms with Gasteiger partial charge in [-0.05, 0) is 71.8 Å². The normalized spacial score (nSPS) is 27.2. The monoisotopic (exact) mass is 790 g/mol. The summed E-state index contributed by atoms with van der Waals surface area (Å²) < 4.78 is 63.9. The van der Waals surface area contributed by atoms with Gasteiger partial charge in [0.25, 0.3) is 0 Å². The summed E-state index contributed by atoms with van der Waals surface area (Å²) in [6.45, 7) is 5.29. The Morgan fingerprint density at radius 1 is 0.571 bits per heavy atom. The van der Waals surface area contributed by atoms with Crippen molar-refractivity contribution in [3.63, 3.8) is 0 Å². The summed E-state index contributed by atoms with van der Waals surface area (Å²) in [6.07, 6.45) is -10.4. The fourth-order valence-corrected chi connectivity index (χ4v) is 7.16. The first-order chi connectivity index (χ1) is 26.8. The van der Waals surface area contributed by atoms with Gasteiger partial charge in [0.1, 0.15) is 36.6 Å². The molecule has 2 heterocycles. The van der Waals surface area contributed by atoms with Crippen molar-refractivity contribution in [2.75, 3.05) is 56.4 Å². The number of aliphatic hydroxyl groups excluding tert-OH is 5. The Kier molecular flexibility index (Phi) is 13.9. The molecule has 0 bridgehead atoms. The van der Waals surface area contributed by atoms with E-state index in [4.69, 9.17) is 52.1 Å². The van der Waals surface area contributed by atoms with Gasteiger partial charge in [-0.2, -0.15) is 0 Å². The maximum Gasteiger partial charge on any atom is 0.229 e. The number of ether oxygens (including phenoxy) is 11.